The van der Waals surface area contributed by atoms with Crippen LogP contribution in [0.25, 0.3) is 0 Å². The number of nitrogens with zero attached hydrogens (tertiary/aromatic N) is 4. The van der Waals surface area contributed by atoms with Crippen molar-refractivity contribution in [1.82, 2.24) is 20.2 Å². The fourth-order valence-corrected chi connectivity index (χ4v) is 3.12. The highest BCUT2D eigenvalue weighted by atomic mass is 32.2. The number of nitrogens with one attached hydrogen (secondary N) is 1. The minimum absolute atomic E-state index is 0.300. The van der Waals surface area contributed by atoms with Crippen LogP contribution >= 0.6 is 23.1 Å². The van der Waals surface area contributed by atoms with Crippen molar-refractivity contribution in [1.29, 1.82) is 0 Å². The molecule has 0 saturated carbocycles. The van der Waals surface area contributed by atoms with E-state index in [0.29, 0.717) is 12.6 Å². The van der Waals surface area contributed by atoms with E-state index in [1.807, 2.05) is 0 Å². The van der Waals surface area contributed by atoms with Crippen LogP contribution in [0.15, 0.2) is 21.8 Å². The first kappa shape index (κ1) is 14.2. The van der Waals surface area contributed by atoms with Crippen molar-refractivity contribution in [2.24, 2.45) is 0 Å². The summed E-state index contributed by atoms with van der Waals surface area (Å²) >= 11 is 2.96. The maximum absolute atomic E-state index is 5.03. The predicted molar refractivity (Wildman–Crippen MR) is 75.5 cm³/mol. The molecule has 2 rings (SSSR count). The van der Waals surface area contributed by atoms with Gasteiger partial charge in [-0.15, -0.1) is 10.2 Å². The largest absolute Gasteiger partial charge is 0.377 e. The van der Waals surface area contributed by atoms with Gasteiger partial charge in [0.25, 0.3) is 0 Å². The molecule has 6 nitrogen and oxygen atoms in total. The maximum Gasteiger partial charge on any atom is 0.180 e. The van der Waals surface area contributed by atoms with Gasteiger partial charge in [-0.25, -0.2) is 9.97 Å². The smallest absolute Gasteiger partial charge is 0.180 e. The summed E-state index contributed by atoms with van der Waals surface area (Å²) in [6.07, 6.45) is 3.34. The molecule has 102 valence electrons. The lowest BCUT2D eigenvalue weighted by molar-refractivity contribution is 0.184. The summed E-state index contributed by atoms with van der Waals surface area (Å²) < 4.78 is 5.86. The van der Waals surface area contributed by atoms with E-state index in [1.54, 1.807) is 19.5 Å². The zero-order valence-electron chi connectivity index (χ0n) is 11.0. The first-order valence-corrected chi connectivity index (χ1v) is 7.39. The van der Waals surface area contributed by atoms with Crippen molar-refractivity contribution < 1.29 is 4.74 Å². The highest BCUT2D eigenvalue weighted by molar-refractivity contribution is 8.01. The number of hydrogen-bond donors (Lipinski definition) is 1. The highest BCUT2D eigenvalue weighted by Gasteiger charge is 2.11. The zero-order chi connectivity index (χ0) is 13.7. The summed E-state index contributed by atoms with van der Waals surface area (Å²) in [5, 5.41) is 13.1. The minimum atomic E-state index is 0.300. The van der Waals surface area contributed by atoms with Gasteiger partial charge in [-0.05, 0) is 25.6 Å². The van der Waals surface area contributed by atoms with Crippen LogP contribution < -0.4 is 5.32 Å². The topological polar surface area (TPSA) is 72.8 Å². The Hall–Kier alpha value is -1.25. The molecular formula is C11H15N5OS2. The number of aromatic nitrogens is 4. The summed E-state index contributed by atoms with van der Waals surface area (Å²) in [5.74, 6) is 0.769. The van der Waals surface area contributed by atoms with Crippen LogP contribution in [0, 0.1) is 0 Å². The van der Waals surface area contributed by atoms with Crippen molar-refractivity contribution in [2.45, 2.75) is 35.9 Å². The Morgan fingerprint density at radius 2 is 2.11 bits per heavy atom. The second kappa shape index (κ2) is 6.78. The molecule has 0 unspecified atom stereocenters. The molecule has 0 spiro atoms. The summed E-state index contributed by atoms with van der Waals surface area (Å²) in [7, 11) is 1.64. The normalized spacial score (nSPS) is 10.9. The van der Waals surface area contributed by atoms with E-state index in [4.69, 9.17) is 4.74 Å². The van der Waals surface area contributed by atoms with Gasteiger partial charge in [-0.1, -0.05) is 11.3 Å². The fourth-order valence-electron chi connectivity index (χ4n) is 1.32. The summed E-state index contributed by atoms with van der Waals surface area (Å²) in [5.41, 5.74) is 0. The quantitative estimate of drug-likeness (QED) is 0.877. The van der Waals surface area contributed by atoms with Crippen LogP contribution in [0.5, 0.6) is 0 Å². The lowest BCUT2D eigenvalue weighted by atomic mass is 10.4. The van der Waals surface area contributed by atoms with Gasteiger partial charge >= 0.3 is 0 Å². The molecule has 0 fully saturated rings. The number of methoxy groups -OCH3 is 1. The third-order valence-electron chi connectivity index (χ3n) is 1.99. The molecule has 0 aliphatic carbocycles. The molecule has 19 heavy (non-hydrogen) atoms. The monoisotopic (exact) mass is 297 g/mol. The first-order chi connectivity index (χ1) is 9.19. The molecule has 2 aromatic heterocycles. The van der Waals surface area contributed by atoms with Gasteiger partial charge in [-0.2, -0.15) is 0 Å². The van der Waals surface area contributed by atoms with E-state index < -0.39 is 0 Å². The van der Waals surface area contributed by atoms with Crippen molar-refractivity contribution in [3.8, 4) is 0 Å². The Labute approximate surface area is 120 Å². The average molecular weight is 297 g/mol. The highest BCUT2D eigenvalue weighted by Crippen LogP contribution is 2.32. The number of ether oxygens (including phenoxy) is 1. The van der Waals surface area contributed by atoms with Crippen molar-refractivity contribution in [2.75, 3.05) is 12.4 Å². The first-order valence-electron chi connectivity index (χ1n) is 5.75. The Morgan fingerprint density at radius 1 is 1.32 bits per heavy atom. The molecule has 0 amide bonds. The van der Waals surface area contributed by atoms with E-state index in [-0.39, 0.29) is 0 Å². The Bertz CT molecular complexity index is 531. The lowest BCUT2D eigenvalue weighted by Crippen LogP contribution is -2.12. The molecule has 0 atom stereocenters. The summed E-state index contributed by atoms with van der Waals surface area (Å²) in [6, 6.07) is 0.300. The molecule has 2 heterocycles. The van der Waals surface area contributed by atoms with E-state index in [2.05, 4.69) is 39.3 Å². The molecule has 0 aromatic carbocycles. The molecule has 0 radical (unpaired) electrons. The van der Waals surface area contributed by atoms with Crippen molar-refractivity contribution >= 4 is 28.9 Å². The minimum Gasteiger partial charge on any atom is -0.377 e. The molecular weight excluding hydrogens is 282 g/mol. The Balaban J connectivity index is 2.13. The van der Waals surface area contributed by atoms with Gasteiger partial charge in [0.15, 0.2) is 10.2 Å². The third-order valence-corrected chi connectivity index (χ3v) is 3.93. The molecule has 0 aliphatic rings. The lowest BCUT2D eigenvalue weighted by Gasteiger charge is -2.10. The van der Waals surface area contributed by atoms with E-state index >= 15 is 0 Å². The summed E-state index contributed by atoms with van der Waals surface area (Å²) in [6.45, 7) is 4.60. The zero-order valence-corrected chi connectivity index (χ0v) is 12.6. The molecule has 0 aliphatic heterocycles. The van der Waals surface area contributed by atoms with Crippen molar-refractivity contribution in [3.63, 3.8) is 0 Å². The van der Waals surface area contributed by atoms with E-state index in [0.717, 1.165) is 20.2 Å². The molecule has 1 N–H and O–H groups in total. The van der Waals surface area contributed by atoms with E-state index in [9.17, 15) is 0 Å². The molecule has 8 heteroatoms. The molecule has 0 bridgehead atoms. The SMILES string of the molecule is COCc1nnc(Sc2nccnc2NC(C)C)s1. The maximum atomic E-state index is 5.03. The van der Waals surface area contributed by atoms with Gasteiger partial charge in [0.1, 0.15) is 10.0 Å². The van der Waals surface area contributed by atoms with Gasteiger partial charge in [0.2, 0.25) is 0 Å². The molecule has 2 aromatic rings. The Kier molecular flexibility index (Phi) is 5.06. The van der Waals surface area contributed by atoms with Gasteiger partial charge in [-0.3, -0.25) is 0 Å². The van der Waals surface area contributed by atoms with Crippen LogP contribution in [0.2, 0.25) is 0 Å². The van der Waals surface area contributed by atoms with Gasteiger partial charge in [0, 0.05) is 25.5 Å². The van der Waals surface area contributed by atoms with Crippen LogP contribution in [-0.4, -0.2) is 33.3 Å². The average Bonchev–Trinajstić information content (AvgIpc) is 2.79. The standard InChI is InChI=1S/C11H15N5OS2/c1-7(2)14-9-10(13-5-4-12-9)19-11-16-15-8(18-11)6-17-3/h4-5,7H,6H2,1-3H3,(H,12,14). The van der Waals surface area contributed by atoms with E-state index in [1.165, 1.54) is 23.1 Å². The number of anilines is 1. The van der Waals surface area contributed by atoms with Crippen LogP contribution in [0.1, 0.15) is 18.9 Å². The fraction of sp³-hybridized carbons (Fsp3) is 0.455. The third kappa shape index (κ3) is 4.12. The predicted octanol–water partition coefficient (Wildman–Crippen LogP) is 2.45. The second-order valence-corrected chi connectivity index (χ2v) is 6.30. The van der Waals surface area contributed by atoms with Crippen LogP contribution in [-0.2, 0) is 11.3 Å². The van der Waals surface area contributed by atoms with Crippen LogP contribution in [0.3, 0.4) is 0 Å². The number of rotatable bonds is 6. The number of hydrogen-bond acceptors (Lipinski definition) is 8. The van der Waals surface area contributed by atoms with Gasteiger partial charge < -0.3 is 10.1 Å². The van der Waals surface area contributed by atoms with Crippen LogP contribution in [0.4, 0.5) is 5.82 Å². The summed E-state index contributed by atoms with van der Waals surface area (Å²) in [4.78, 5) is 8.62. The second-order valence-electron chi connectivity index (χ2n) is 4.01. The van der Waals surface area contributed by atoms with Gasteiger partial charge in [0.05, 0.1) is 6.61 Å². The van der Waals surface area contributed by atoms with Crippen molar-refractivity contribution in [3.05, 3.63) is 17.4 Å². The Morgan fingerprint density at radius 3 is 2.84 bits per heavy atom. The molecule has 0 saturated heterocycles.